The molecule has 0 aromatic carbocycles. The van der Waals surface area contributed by atoms with Crippen LogP contribution in [-0.4, -0.2) is 15.0 Å². The third-order valence-corrected chi connectivity index (χ3v) is 1.57. The predicted octanol–water partition coefficient (Wildman–Crippen LogP) is 1.38. The lowest BCUT2D eigenvalue weighted by atomic mass is 10.4. The highest BCUT2D eigenvalue weighted by molar-refractivity contribution is 5.05. The highest BCUT2D eigenvalue weighted by Crippen LogP contribution is 2.04. The van der Waals surface area contributed by atoms with E-state index in [0.717, 1.165) is 5.69 Å². The van der Waals surface area contributed by atoms with Crippen LogP contribution in [0, 0.1) is 0 Å². The Morgan fingerprint density at radius 1 is 1.38 bits per heavy atom. The Morgan fingerprint density at radius 3 is 3.08 bits per heavy atom. The Bertz CT molecular complexity index is 344. The number of rotatable bonds is 3. The minimum absolute atomic E-state index is 0.461. The monoisotopic (exact) mass is 175 g/mol. The maximum atomic E-state index is 5.35. The molecule has 2 aromatic heterocycles. The zero-order valence-electron chi connectivity index (χ0n) is 6.97. The average Bonchev–Trinajstić information content (AvgIpc) is 2.69. The van der Waals surface area contributed by atoms with E-state index in [0.29, 0.717) is 12.5 Å². The summed E-state index contributed by atoms with van der Waals surface area (Å²) in [5, 5.41) is 0. The number of nitrogens with one attached hydrogen (secondary N) is 1. The fourth-order valence-corrected chi connectivity index (χ4v) is 0.957. The van der Waals surface area contributed by atoms with E-state index < -0.39 is 0 Å². The standard InChI is InChI=1S/C9H9N3O/c1-2-4-11-8(3-1)6-13-9-5-10-7-12-9/h1-5,7H,6H2,(H,10,12). The van der Waals surface area contributed by atoms with Crippen LogP contribution in [0.5, 0.6) is 5.88 Å². The molecule has 0 saturated carbocycles. The van der Waals surface area contributed by atoms with E-state index in [1.165, 1.54) is 0 Å². The Balaban J connectivity index is 1.94. The second-order valence-corrected chi connectivity index (χ2v) is 2.53. The molecular weight excluding hydrogens is 166 g/mol. The van der Waals surface area contributed by atoms with Crippen molar-refractivity contribution in [3.8, 4) is 5.88 Å². The second-order valence-electron chi connectivity index (χ2n) is 2.53. The number of aromatic nitrogens is 3. The van der Waals surface area contributed by atoms with Crippen molar-refractivity contribution in [1.82, 2.24) is 15.0 Å². The van der Waals surface area contributed by atoms with Gasteiger partial charge in [-0.3, -0.25) is 4.98 Å². The Morgan fingerprint density at radius 2 is 2.38 bits per heavy atom. The number of imidazole rings is 1. The molecule has 0 spiro atoms. The summed E-state index contributed by atoms with van der Waals surface area (Å²) in [6.07, 6.45) is 4.95. The van der Waals surface area contributed by atoms with Crippen LogP contribution in [0.4, 0.5) is 0 Å². The van der Waals surface area contributed by atoms with Gasteiger partial charge in [0.2, 0.25) is 5.88 Å². The lowest BCUT2D eigenvalue weighted by Crippen LogP contribution is -1.97. The molecule has 0 atom stereocenters. The fourth-order valence-electron chi connectivity index (χ4n) is 0.957. The van der Waals surface area contributed by atoms with Crippen molar-refractivity contribution in [2.75, 3.05) is 0 Å². The van der Waals surface area contributed by atoms with Crippen LogP contribution in [0.3, 0.4) is 0 Å². The summed E-state index contributed by atoms with van der Waals surface area (Å²) in [5.74, 6) is 0.658. The van der Waals surface area contributed by atoms with E-state index >= 15 is 0 Å². The van der Waals surface area contributed by atoms with E-state index in [-0.39, 0.29) is 0 Å². The van der Waals surface area contributed by atoms with E-state index in [4.69, 9.17) is 4.74 Å². The number of aromatic amines is 1. The maximum Gasteiger partial charge on any atom is 0.211 e. The molecule has 0 aliphatic heterocycles. The first-order valence-corrected chi connectivity index (χ1v) is 3.96. The third-order valence-electron chi connectivity index (χ3n) is 1.57. The van der Waals surface area contributed by atoms with Crippen LogP contribution in [0.15, 0.2) is 36.9 Å². The number of ether oxygens (including phenoxy) is 1. The van der Waals surface area contributed by atoms with E-state index in [2.05, 4.69) is 15.0 Å². The molecule has 2 rings (SSSR count). The van der Waals surface area contributed by atoms with Crippen LogP contribution >= 0.6 is 0 Å². The van der Waals surface area contributed by atoms with Gasteiger partial charge in [0.15, 0.2) is 0 Å². The average molecular weight is 175 g/mol. The minimum atomic E-state index is 0.461. The first-order valence-electron chi connectivity index (χ1n) is 3.96. The van der Waals surface area contributed by atoms with Gasteiger partial charge in [0, 0.05) is 6.20 Å². The Kier molecular flexibility index (Phi) is 2.22. The molecule has 4 heteroatoms. The molecule has 2 aromatic rings. The molecule has 0 amide bonds. The predicted molar refractivity (Wildman–Crippen MR) is 47.2 cm³/mol. The van der Waals surface area contributed by atoms with Gasteiger partial charge in [-0.2, -0.15) is 0 Å². The SMILES string of the molecule is c1ccc(COc2cnc[nH]2)nc1. The van der Waals surface area contributed by atoms with Gasteiger partial charge < -0.3 is 9.72 Å². The number of pyridine rings is 1. The first kappa shape index (κ1) is 7.79. The van der Waals surface area contributed by atoms with E-state index in [1.807, 2.05) is 18.2 Å². The zero-order valence-corrected chi connectivity index (χ0v) is 6.97. The normalized spacial score (nSPS) is 9.85. The second kappa shape index (κ2) is 3.71. The summed E-state index contributed by atoms with van der Waals surface area (Å²) in [6.45, 7) is 0.461. The van der Waals surface area contributed by atoms with Crippen LogP contribution < -0.4 is 4.74 Å². The summed E-state index contributed by atoms with van der Waals surface area (Å²) in [4.78, 5) is 10.8. The lowest BCUT2D eigenvalue weighted by Gasteiger charge is -2.00. The van der Waals surface area contributed by atoms with Crippen LogP contribution in [0.2, 0.25) is 0 Å². The quantitative estimate of drug-likeness (QED) is 0.766. The van der Waals surface area contributed by atoms with Gasteiger partial charge in [-0.25, -0.2) is 4.98 Å². The third kappa shape index (κ3) is 2.05. The number of hydrogen-bond donors (Lipinski definition) is 1. The molecule has 2 heterocycles. The van der Waals surface area contributed by atoms with Gasteiger partial charge in [0.25, 0.3) is 0 Å². The molecule has 0 unspecified atom stereocenters. The largest absolute Gasteiger partial charge is 0.471 e. The number of hydrogen-bond acceptors (Lipinski definition) is 3. The van der Waals surface area contributed by atoms with Crippen molar-refractivity contribution < 1.29 is 4.74 Å². The minimum Gasteiger partial charge on any atom is -0.471 e. The highest BCUT2D eigenvalue weighted by Gasteiger charge is 1.95. The Hall–Kier alpha value is -1.84. The molecule has 0 radical (unpaired) electrons. The highest BCUT2D eigenvalue weighted by atomic mass is 16.5. The van der Waals surface area contributed by atoms with Crippen molar-refractivity contribution in [1.29, 1.82) is 0 Å². The zero-order chi connectivity index (χ0) is 8.93. The summed E-state index contributed by atoms with van der Waals surface area (Å²) in [5.41, 5.74) is 0.900. The first-order chi connectivity index (χ1) is 6.45. The topological polar surface area (TPSA) is 50.8 Å². The molecule has 0 aliphatic rings. The summed E-state index contributed by atoms with van der Waals surface area (Å²) >= 11 is 0. The summed E-state index contributed by atoms with van der Waals surface area (Å²) in [6, 6.07) is 5.72. The molecular formula is C9H9N3O. The van der Waals surface area contributed by atoms with Crippen molar-refractivity contribution in [2.45, 2.75) is 6.61 Å². The van der Waals surface area contributed by atoms with Crippen molar-refractivity contribution >= 4 is 0 Å². The van der Waals surface area contributed by atoms with Gasteiger partial charge in [-0.05, 0) is 12.1 Å². The molecule has 1 N–H and O–H groups in total. The molecule has 0 bridgehead atoms. The smallest absolute Gasteiger partial charge is 0.211 e. The molecule has 0 fully saturated rings. The summed E-state index contributed by atoms with van der Waals surface area (Å²) < 4.78 is 5.35. The molecule has 0 aliphatic carbocycles. The van der Waals surface area contributed by atoms with E-state index in [1.54, 1.807) is 18.7 Å². The maximum absolute atomic E-state index is 5.35. The van der Waals surface area contributed by atoms with Crippen molar-refractivity contribution in [3.63, 3.8) is 0 Å². The number of H-pyrrole nitrogens is 1. The van der Waals surface area contributed by atoms with Gasteiger partial charge in [0.05, 0.1) is 18.2 Å². The van der Waals surface area contributed by atoms with Crippen LogP contribution in [0.25, 0.3) is 0 Å². The van der Waals surface area contributed by atoms with Crippen molar-refractivity contribution in [3.05, 3.63) is 42.6 Å². The Labute approximate surface area is 75.6 Å². The van der Waals surface area contributed by atoms with Gasteiger partial charge in [-0.15, -0.1) is 0 Å². The van der Waals surface area contributed by atoms with Crippen LogP contribution in [0.1, 0.15) is 5.69 Å². The van der Waals surface area contributed by atoms with Crippen LogP contribution in [-0.2, 0) is 6.61 Å². The molecule has 4 nitrogen and oxygen atoms in total. The molecule has 0 saturated heterocycles. The molecule has 66 valence electrons. The van der Waals surface area contributed by atoms with Gasteiger partial charge in [0.1, 0.15) is 6.61 Å². The van der Waals surface area contributed by atoms with E-state index in [9.17, 15) is 0 Å². The van der Waals surface area contributed by atoms with Gasteiger partial charge >= 0.3 is 0 Å². The lowest BCUT2D eigenvalue weighted by molar-refractivity contribution is 0.290. The van der Waals surface area contributed by atoms with Crippen molar-refractivity contribution in [2.24, 2.45) is 0 Å². The fraction of sp³-hybridized carbons (Fsp3) is 0.111. The molecule has 13 heavy (non-hydrogen) atoms. The number of nitrogens with zero attached hydrogens (tertiary/aromatic N) is 2. The van der Waals surface area contributed by atoms with Gasteiger partial charge in [-0.1, -0.05) is 6.07 Å². The summed E-state index contributed by atoms with van der Waals surface area (Å²) in [7, 11) is 0.